The highest BCUT2D eigenvalue weighted by Crippen LogP contribution is 2.56. The molecule has 48 heavy (non-hydrogen) atoms. The molecule has 0 spiro atoms. The molecule has 3 fully saturated rings. The number of amides is 1. The number of nitrogens with zero attached hydrogens (tertiary/aromatic N) is 1. The van der Waals surface area contributed by atoms with Crippen LogP contribution in [0, 0.1) is 24.7 Å². The summed E-state index contributed by atoms with van der Waals surface area (Å²) in [5.41, 5.74) is 4.16. The van der Waals surface area contributed by atoms with Gasteiger partial charge in [0, 0.05) is 23.8 Å². The lowest BCUT2D eigenvalue weighted by Crippen LogP contribution is -2.58. The van der Waals surface area contributed by atoms with Crippen molar-refractivity contribution in [1.29, 1.82) is 0 Å². The molecule has 5 atom stereocenters. The van der Waals surface area contributed by atoms with Gasteiger partial charge in [0.2, 0.25) is 5.91 Å². The molecule has 3 aliphatic rings. The molecule has 0 bridgehead atoms. The third-order valence-corrected chi connectivity index (χ3v) is 10.6. The second-order valence-corrected chi connectivity index (χ2v) is 14.1. The monoisotopic (exact) mass is 651 g/mol. The number of unbranched alkanes of at least 4 members (excludes halogenated alkanes) is 2. The number of para-hydroxylation sites is 1. The summed E-state index contributed by atoms with van der Waals surface area (Å²) in [5, 5.41) is 16.4. The van der Waals surface area contributed by atoms with E-state index in [-0.39, 0.29) is 35.1 Å². The number of anilines is 2. The summed E-state index contributed by atoms with van der Waals surface area (Å²) in [4.78, 5) is 27.3. The first-order valence-corrected chi connectivity index (χ1v) is 17.4. The first-order valence-electron chi connectivity index (χ1n) is 17.4. The normalized spacial score (nSPS) is 24.2. The van der Waals surface area contributed by atoms with E-state index < -0.39 is 5.97 Å². The molecule has 8 nitrogen and oxygen atoms in total. The van der Waals surface area contributed by atoms with Crippen LogP contribution in [0.2, 0.25) is 0 Å². The van der Waals surface area contributed by atoms with Crippen LogP contribution in [0.15, 0.2) is 84.7 Å². The van der Waals surface area contributed by atoms with Gasteiger partial charge < -0.3 is 30.1 Å². The van der Waals surface area contributed by atoms with Crippen LogP contribution >= 0.6 is 0 Å². The molecule has 1 aliphatic carbocycles. The molecule has 2 aliphatic heterocycles. The van der Waals surface area contributed by atoms with Crippen LogP contribution in [0.4, 0.5) is 11.4 Å². The summed E-state index contributed by atoms with van der Waals surface area (Å²) < 4.78 is 12.9. The average Bonchev–Trinajstić information content (AvgIpc) is 3.38. The van der Waals surface area contributed by atoms with E-state index in [4.69, 9.17) is 9.47 Å². The van der Waals surface area contributed by atoms with Gasteiger partial charge in [-0.15, -0.1) is 0 Å². The van der Waals surface area contributed by atoms with Crippen LogP contribution < -0.4 is 15.4 Å². The second kappa shape index (κ2) is 14.4. The number of carboxylic acids is 1. The minimum atomic E-state index is -0.971. The van der Waals surface area contributed by atoms with Gasteiger partial charge in [-0.05, 0) is 118 Å². The predicted molar refractivity (Wildman–Crippen MR) is 189 cm³/mol. The Labute approximate surface area is 284 Å². The Kier molecular flexibility index (Phi) is 10.1. The Morgan fingerprint density at radius 1 is 1.02 bits per heavy atom. The van der Waals surface area contributed by atoms with Gasteiger partial charge in [-0.3, -0.25) is 4.79 Å². The van der Waals surface area contributed by atoms with E-state index in [1.807, 2.05) is 41.3 Å². The van der Waals surface area contributed by atoms with E-state index >= 15 is 0 Å². The van der Waals surface area contributed by atoms with Gasteiger partial charge in [0.1, 0.15) is 18.2 Å². The third kappa shape index (κ3) is 7.39. The van der Waals surface area contributed by atoms with Crippen molar-refractivity contribution in [3.63, 3.8) is 0 Å². The number of hydrogen-bond donors (Lipinski definition) is 3. The lowest BCUT2D eigenvalue weighted by atomic mass is 9.57. The highest BCUT2D eigenvalue weighted by molar-refractivity contribution is 5.87. The van der Waals surface area contributed by atoms with E-state index in [1.165, 1.54) is 5.56 Å². The largest absolute Gasteiger partial charge is 0.491 e. The summed E-state index contributed by atoms with van der Waals surface area (Å²) in [5.74, 6) is 1.83. The van der Waals surface area contributed by atoms with E-state index in [2.05, 4.69) is 56.5 Å². The molecule has 3 unspecified atom stereocenters. The van der Waals surface area contributed by atoms with Gasteiger partial charge in [0.05, 0.1) is 29.7 Å². The molecule has 3 aromatic rings. The molecular formula is C40H49N3O5. The zero-order chi connectivity index (χ0) is 33.8. The zero-order valence-electron chi connectivity index (χ0n) is 28.6. The number of aromatic carboxylic acids is 1. The number of carboxylic acid groups (broad SMARTS) is 1. The van der Waals surface area contributed by atoms with Crippen molar-refractivity contribution in [3.05, 3.63) is 101 Å². The molecular weight excluding hydrogens is 602 g/mol. The molecule has 254 valence electrons. The van der Waals surface area contributed by atoms with Crippen LogP contribution in [-0.2, 0) is 16.0 Å². The fourth-order valence-electron chi connectivity index (χ4n) is 7.85. The lowest BCUT2D eigenvalue weighted by molar-refractivity contribution is -0.214. The smallest absolute Gasteiger partial charge is 0.335 e. The quantitative estimate of drug-likeness (QED) is 0.162. The standard InChI is InChI=1S/C40H49N3O5/c1-5-6-7-12-36(42-33-11-9-8-10-26(33)2)41-29-17-13-27(14-18-29)23-37(44)43-24-35-38(31-21-22-32(31)40(3,4)48-35)34(43)25-47-30-19-15-28(16-20-30)39(45)46/h8-20,31-32,34-35,38,41-42H,5-7,21-25H2,1-4H3,(H,45,46)/b36-12+/t31?,32?,34?,35-,38+/m0/s1. The summed E-state index contributed by atoms with van der Waals surface area (Å²) in [6.07, 6.45) is 7.99. The van der Waals surface area contributed by atoms with Gasteiger partial charge in [0.15, 0.2) is 0 Å². The highest BCUT2D eigenvalue weighted by Gasteiger charge is 2.60. The predicted octanol–water partition coefficient (Wildman–Crippen LogP) is 7.90. The molecule has 0 radical (unpaired) electrons. The third-order valence-electron chi connectivity index (χ3n) is 10.6. The van der Waals surface area contributed by atoms with Gasteiger partial charge in [-0.1, -0.05) is 43.7 Å². The Bertz CT molecular complexity index is 1620. The van der Waals surface area contributed by atoms with Gasteiger partial charge in [-0.25, -0.2) is 4.79 Å². The maximum atomic E-state index is 14.0. The van der Waals surface area contributed by atoms with Crippen molar-refractivity contribution >= 4 is 23.3 Å². The number of rotatable bonds is 13. The van der Waals surface area contributed by atoms with Crippen LogP contribution in [0.1, 0.15) is 74.4 Å². The topological polar surface area (TPSA) is 100 Å². The number of carbonyl (C=O) groups is 2. The molecule has 6 rings (SSSR count). The average molecular weight is 652 g/mol. The summed E-state index contributed by atoms with van der Waals surface area (Å²) >= 11 is 0. The first-order chi connectivity index (χ1) is 23.1. The molecule has 8 heteroatoms. The minimum absolute atomic E-state index is 0.0290. The van der Waals surface area contributed by atoms with Crippen molar-refractivity contribution in [2.45, 2.75) is 84.0 Å². The molecule has 2 heterocycles. The van der Waals surface area contributed by atoms with E-state index in [0.29, 0.717) is 37.2 Å². The minimum Gasteiger partial charge on any atom is -0.491 e. The van der Waals surface area contributed by atoms with Crippen LogP contribution in [-0.4, -0.2) is 52.8 Å². The fourth-order valence-corrected chi connectivity index (χ4v) is 7.85. The zero-order valence-corrected chi connectivity index (χ0v) is 28.6. The number of benzene rings is 3. The van der Waals surface area contributed by atoms with E-state index in [0.717, 1.165) is 54.9 Å². The Morgan fingerprint density at radius 2 is 1.77 bits per heavy atom. The maximum absolute atomic E-state index is 14.0. The maximum Gasteiger partial charge on any atom is 0.335 e. The number of hydrogen-bond acceptors (Lipinski definition) is 6. The highest BCUT2D eigenvalue weighted by atomic mass is 16.5. The lowest BCUT2D eigenvalue weighted by Gasteiger charge is -2.56. The summed E-state index contributed by atoms with van der Waals surface area (Å²) in [6.45, 7) is 9.57. The molecule has 1 amide bonds. The Morgan fingerprint density at radius 3 is 2.44 bits per heavy atom. The van der Waals surface area contributed by atoms with Crippen LogP contribution in [0.3, 0.4) is 0 Å². The number of ether oxygens (including phenoxy) is 2. The van der Waals surface area contributed by atoms with E-state index in [1.54, 1.807) is 24.3 Å². The summed E-state index contributed by atoms with van der Waals surface area (Å²) in [6, 6.07) is 22.7. The Hall–Kier alpha value is -4.30. The number of allylic oxidation sites excluding steroid dienone is 1. The van der Waals surface area contributed by atoms with E-state index in [9.17, 15) is 14.7 Å². The molecule has 3 aromatic carbocycles. The van der Waals surface area contributed by atoms with Crippen molar-refractivity contribution < 1.29 is 24.2 Å². The van der Waals surface area contributed by atoms with Crippen LogP contribution in [0.5, 0.6) is 5.75 Å². The van der Waals surface area contributed by atoms with Crippen LogP contribution in [0.25, 0.3) is 0 Å². The molecule has 1 saturated carbocycles. The van der Waals surface area contributed by atoms with Gasteiger partial charge in [-0.2, -0.15) is 0 Å². The number of likely N-dealkylation sites (tertiary alicyclic amines) is 1. The van der Waals surface area contributed by atoms with Gasteiger partial charge in [0.25, 0.3) is 0 Å². The van der Waals surface area contributed by atoms with Crippen molar-refractivity contribution in [3.8, 4) is 5.75 Å². The van der Waals surface area contributed by atoms with Crippen molar-refractivity contribution in [2.24, 2.45) is 17.8 Å². The van der Waals surface area contributed by atoms with Crippen molar-refractivity contribution in [1.82, 2.24) is 4.90 Å². The number of aryl methyl sites for hydroxylation is 1. The van der Waals surface area contributed by atoms with Crippen molar-refractivity contribution in [2.75, 3.05) is 23.8 Å². The molecule has 2 saturated heterocycles. The fraction of sp³-hybridized carbons (Fsp3) is 0.450. The Balaban J connectivity index is 1.15. The SMILES string of the molecule is CCCC/C=C(\Nc1ccc(CC(=O)N2C[C@@H]3OC(C)(C)C4CCC4[C@@H]3C2COc2ccc(C(=O)O)cc2)cc1)Nc1ccccc1C. The van der Waals surface area contributed by atoms with Gasteiger partial charge >= 0.3 is 5.97 Å². The second-order valence-electron chi connectivity index (χ2n) is 14.1. The number of carbonyl (C=O) groups excluding carboxylic acids is 1. The molecule has 3 N–H and O–H groups in total. The first kappa shape index (κ1) is 33.6. The number of fused-ring (bicyclic) bond motifs is 3. The molecule has 0 aromatic heterocycles. The number of nitrogens with one attached hydrogen (secondary N) is 2. The summed E-state index contributed by atoms with van der Waals surface area (Å²) in [7, 11) is 0.